The molecule has 3 aliphatic heterocycles. The molecule has 0 aliphatic carbocycles. The lowest BCUT2D eigenvalue weighted by molar-refractivity contribution is 0.0675. The summed E-state index contributed by atoms with van der Waals surface area (Å²) in [6.45, 7) is 2.73. The third-order valence-corrected chi connectivity index (χ3v) is 5.24. The topological polar surface area (TPSA) is 64.7 Å². The Morgan fingerprint density at radius 3 is 2.79 bits per heavy atom. The van der Waals surface area contributed by atoms with Gasteiger partial charge in [0.15, 0.2) is 0 Å². The van der Waals surface area contributed by atoms with E-state index in [9.17, 15) is 14.0 Å². The van der Waals surface area contributed by atoms with Gasteiger partial charge in [-0.1, -0.05) is 0 Å². The molecule has 24 heavy (non-hydrogen) atoms. The van der Waals surface area contributed by atoms with Crippen LogP contribution in [0.25, 0.3) is 0 Å². The van der Waals surface area contributed by atoms with Crippen LogP contribution in [-0.2, 0) is 0 Å². The minimum absolute atomic E-state index is 0.0611. The zero-order valence-electron chi connectivity index (χ0n) is 13.4. The molecule has 3 saturated heterocycles. The van der Waals surface area contributed by atoms with E-state index in [2.05, 4.69) is 10.6 Å². The fraction of sp³-hybridized carbons (Fsp3) is 0.529. The number of nitrogens with zero attached hydrogens (tertiary/aromatic N) is 2. The summed E-state index contributed by atoms with van der Waals surface area (Å²) in [5, 5.41) is 6.06. The van der Waals surface area contributed by atoms with Gasteiger partial charge >= 0.3 is 6.03 Å². The molecule has 2 N–H and O–H groups in total. The van der Waals surface area contributed by atoms with Crippen LogP contribution in [0.3, 0.4) is 0 Å². The predicted octanol–water partition coefficient (Wildman–Crippen LogP) is 1.32. The first-order valence-electron chi connectivity index (χ1n) is 8.53. The first kappa shape index (κ1) is 15.4. The molecule has 0 spiro atoms. The largest absolute Gasteiger partial charge is 0.336 e. The van der Waals surface area contributed by atoms with E-state index >= 15 is 0 Å². The maximum atomic E-state index is 14.4. The number of benzene rings is 1. The van der Waals surface area contributed by atoms with Gasteiger partial charge in [-0.3, -0.25) is 9.69 Å². The van der Waals surface area contributed by atoms with Crippen molar-refractivity contribution in [1.82, 2.24) is 15.5 Å². The highest BCUT2D eigenvalue weighted by molar-refractivity contribution is 5.99. The number of urea groups is 1. The van der Waals surface area contributed by atoms with Crippen molar-refractivity contribution in [1.29, 1.82) is 0 Å². The van der Waals surface area contributed by atoms with Crippen molar-refractivity contribution in [2.75, 3.05) is 31.1 Å². The third-order valence-electron chi connectivity index (χ3n) is 5.24. The van der Waals surface area contributed by atoms with Crippen molar-refractivity contribution in [3.63, 3.8) is 0 Å². The molecular weight excluding hydrogens is 311 g/mol. The van der Waals surface area contributed by atoms with Crippen LogP contribution in [0.5, 0.6) is 0 Å². The Labute approximate surface area is 140 Å². The fourth-order valence-electron chi connectivity index (χ4n) is 4.02. The number of rotatable bonds is 2. The molecule has 2 atom stereocenters. The number of carbonyl (C=O) groups excluding carboxylic acids is 2. The van der Waals surface area contributed by atoms with Gasteiger partial charge < -0.3 is 15.5 Å². The summed E-state index contributed by atoms with van der Waals surface area (Å²) in [5.74, 6) is -0.787. The van der Waals surface area contributed by atoms with Crippen molar-refractivity contribution >= 4 is 17.6 Å². The number of hydrogen-bond donors (Lipinski definition) is 2. The van der Waals surface area contributed by atoms with E-state index in [4.69, 9.17) is 0 Å². The second kappa shape index (κ2) is 6.05. The van der Waals surface area contributed by atoms with Gasteiger partial charge in [0.25, 0.3) is 5.91 Å². The summed E-state index contributed by atoms with van der Waals surface area (Å²) in [5.41, 5.74) is 0.626. The highest BCUT2D eigenvalue weighted by Gasteiger charge is 2.39. The highest BCUT2D eigenvalue weighted by Crippen LogP contribution is 2.31. The van der Waals surface area contributed by atoms with Gasteiger partial charge in [-0.2, -0.15) is 0 Å². The molecule has 128 valence electrons. The maximum Gasteiger partial charge on any atom is 0.321 e. The minimum Gasteiger partial charge on any atom is -0.336 e. The normalized spacial score (nSPS) is 26.5. The van der Waals surface area contributed by atoms with Crippen LogP contribution in [-0.4, -0.2) is 55.1 Å². The van der Waals surface area contributed by atoms with Gasteiger partial charge in [-0.25, -0.2) is 9.18 Å². The first-order valence-corrected chi connectivity index (χ1v) is 8.53. The van der Waals surface area contributed by atoms with Crippen molar-refractivity contribution in [3.8, 4) is 0 Å². The fourth-order valence-corrected chi connectivity index (χ4v) is 4.02. The van der Waals surface area contributed by atoms with Crippen molar-refractivity contribution in [2.24, 2.45) is 0 Å². The maximum absolute atomic E-state index is 14.4. The number of hydrogen-bond acceptors (Lipinski definition) is 3. The molecule has 4 rings (SSSR count). The number of nitrogens with one attached hydrogen (secondary N) is 2. The first-order chi connectivity index (χ1) is 11.6. The van der Waals surface area contributed by atoms with Crippen LogP contribution < -0.4 is 15.5 Å². The SMILES string of the molecule is O=C1NCCN1c1ccc(F)c(C(=O)N2C3CCNCC2CC3)c1. The Hall–Kier alpha value is -2.15. The molecule has 3 aliphatic rings. The molecule has 0 saturated carbocycles. The molecule has 3 amide bonds. The van der Waals surface area contributed by atoms with Gasteiger partial charge in [0, 0.05) is 37.4 Å². The zero-order valence-corrected chi connectivity index (χ0v) is 13.4. The highest BCUT2D eigenvalue weighted by atomic mass is 19.1. The predicted molar refractivity (Wildman–Crippen MR) is 87.6 cm³/mol. The van der Waals surface area contributed by atoms with Crippen LogP contribution >= 0.6 is 0 Å². The number of halogens is 1. The number of amides is 3. The van der Waals surface area contributed by atoms with Crippen LogP contribution in [0.1, 0.15) is 29.6 Å². The van der Waals surface area contributed by atoms with E-state index in [1.165, 1.54) is 17.0 Å². The van der Waals surface area contributed by atoms with Crippen molar-refractivity contribution < 1.29 is 14.0 Å². The van der Waals surface area contributed by atoms with Crippen LogP contribution in [0.2, 0.25) is 0 Å². The lowest BCUT2D eigenvalue weighted by Crippen LogP contribution is -2.43. The summed E-state index contributed by atoms with van der Waals surface area (Å²) in [4.78, 5) is 28.2. The average molecular weight is 332 g/mol. The number of fused-ring (bicyclic) bond motifs is 2. The molecule has 0 radical (unpaired) electrons. The van der Waals surface area contributed by atoms with Crippen molar-refractivity contribution in [3.05, 3.63) is 29.6 Å². The summed E-state index contributed by atoms with van der Waals surface area (Å²) >= 11 is 0. The zero-order chi connectivity index (χ0) is 16.7. The van der Waals surface area contributed by atoms with Gasteiger partial charge in [-0.15, -0.1) is 0 Å². The summed E-state index contributed by atoms with van der Waals surface area (Å²) < 4.78 is 14.4. The Morgan fingerprint density at radius 2 is 2.00 bits per heavy atom. The molecule has 3 fully saturated rings. The van der Waals surface area contributed by atoms with Gasteiger partial charge in [0.1, 0.15) is 5.82 Å². The summed E-state index contributed by atoms with van der Waals surface area (Å²) in [6.07, 6.45) is 2.84. The molecule has 2 bridgehead atoms. The van der Waals surface area contributed by atoms with Crippen LogP contribution in [0.15, 0.2) is 18.2 Å². The standard InChI is InChI=1S/C17H21FN4O2/c18-15-4-3-12(21-8-7-20-17(21)24)9-14(15)16(23)22-11-1-2-13(22)10-19-6-5-11/h3-4,9,11,13,19H,1-2,5-8,10H2,(H,20,24). The number of anilines is 1. The molecule has 2 unspecified atom stereocenters. The van der Waals surface area contributed by atoms with Crippen molar-refractivity contribution in [2.45, 2.75) is 31.3 Å². The monoisotopic (exact) mass is 332 g/mol. The van der Waals surface area contributed by atoms with E-state index in [-0.39, 0.29) is 29.6 Å². The van der Waals surface area contributed by atoms with Gasteiger partial charge in [0.2, 0.25) is 0 Å². The Bertz CT molecular complexity index is 667. The van der Waals surface area contributed by atoms with Crippen LogP contribution in [0.4, 0.5) is 14.9 Å². The van der Waals surface area contributed by atoms with E-state index in [0.29, 0.717) is 18.8 Å². The second-order valence-electron chi connectivity index (χ2n) is 6.64. The molecule has 1 aromatic rings. The molecule has 3 heterocycles. The lowest BCUT2D eigenvalue weighted by Gasteiger charge is -2.28. The Kier molecular flexibility index (Phi) is 3.88. The van der Waals surface area contributed by atoms with E-state index in [0.717, 1.165) is 32.4 Å². The smallest absolute Gasteiger partial charge is 0.321 e. The lowest BCUT2D eigenvalue weighted by atomic mass is 10.1. The second-order valence-corrected chi connectivity index (χ2v) is 6.64. The minimum atomic E-state index is -0.528. The molecule has 6 nitrogen and oxygen atoms in total. The molecule has 7 heteroatoms. The average Bonchev–Trinajstić information content (AvgIpc) is 3.09. The summed E-state index contributed by atoms with van der Waals surface area (Å²) in [6, 6.07) is 4.44. The van der Waals surface area contributed by atoms with Crippen LogP contribution in [0, 0.1) is 5.82 Å². The summed E-state index contributed by atoms with van der Waals surface area (Å²) in [7, 11) is 0. The van der Waals surface area contributed by atoms with Gasteiger partial charge in [-0.05, 0) is 44.0 Å². The quantitative estimate of drug-likeness (QED) is 0.859. The third kappa shape index (κ3) is 2.53. The van der Waals surface area contributed by atoms with E-state index in [1.54, 1.807) is 6.07 Å². The Balaban J connectivity index is 1.65. The molecular formula is C17H21FN4O2. The number of carbonyl (C=O) groups is 2. The molecule has 1 aromatic carbocycles. The van der Waals surface area contributed by atoms with E-state index in [1.807, 2.05) is 4.90 Å². The van der Waals surface area contributed by atoms with E-state index < -0.39 is 5.82 Å². The van der Waals surface area contributed by atoms with Gasteiger partial charge in [0.05, 0.1) is 5.56 Å². The Morgan fingerprint density at radius 1 is 1.17 bits per heavy atom. The molecule has 0 aromatic heterocycles.